The van der Waals surface area contributed by atoms with Gasteiger partial charge in [-0.1, -0.05) is 5.57 Å². The third-order valence-corrected chi connectivity index (χ3v) is 1.61. The summed E-state index contributed by atoms with van der Waals surface area (Å²) in [5, 5.41) is 2.91. The van der Waals surface area contributed by atoms with E-state index in [0.717, 1.165) is 18.2 Å². The van der Waals surface area contributed by atoms with Crippen LogP contribution in [0.5, 0.6) is 0 Å². The molecule has 76 valence electrons. The number of nitrogens with zero attached hydrogens (tertiary/aromatic N) is 2. The number of nitrogens with one attached hydrogen (secondary N) is 1. The predicted octanol–water partition coefficient (Wildman–Crippen LogP) is 1.58. The molecule has 0 radical (unpaired) electrons. The first-order chi connectivity index (χ1) is 6.59. The van der Waals surface area contributed by atoms with Crippen molar-refractivity contribution in [1.82, 2.24) is 9.97 Å². The maximum Gasteiger partial charge on any atom is 0.224 e. The summed E-state index contributed by atoms with van der Waals surface area (Å²) in [5.41, 5.74) is 6.33. The van der Waals surface area contributed by atoms with E-state index in [0.29, 0.717) is 12.5 Å². The molecule has 14 heavy (non-hydrogen) atoms. The molecule has 0 aliphatic carbocycles. The molecule has 0 bridgehead atoms. The van der Waals surface area contributed by atoms with Crippen LogP contribution in [0.4, 0.5) is 16.2 Å². The van der Waals surface area contributed by atoms with E-state index in [2.05, 4.69) is 21.9 Å². The van der Waals surface area contributed by atoms with Gasteiger partial charge in [-0.05, 0) is 13.3 Å². The second kappa shape index (κ2) is 4.55. The standard InChI is InChI=1S/C9H13FN4/c1-6(2)3-4-12-9-13-5-7(10)8(11)14-9/h5H,1,3-4H2,2H3,(H3,11,12,13,14). The van der Waals surface area contributed by atoms with Crippen molar-refractivity contribution in [3.05, 3.63) is 24.2 Å². The second-order valence-electron chi connectivity index (χ2n) is 3.06. The van der Waals surface area contributed by atoms with Crippen LogP contribution >= 0.6 is 0 Å². The summed E-state index contributed by atoms with van der Waals surface area (Å²) >= 11 is 0. The number of rotatable bonds is 4. The number of hydrogen-bond acceptors (Lipinski definition) is 4. The van der Waals surface area contributed by atoms with Gasteiger partial charge in [0, 0.05) is 6.54 Å². The van der Waals surface area contributed by atoms with Gasteiger partial charge in [0.1, 0.15) is 0 Å². The van der Waals surface area contributed by atoms with Gasteiger partial charge in [-0.3, -0.25) is 0 Å². The zero-order chi connectivity index (χ0) is 10.6. The Kier molecular flexibility index (Phi) is 3.39. The first-order valence-corrected chi connectivity index (χ1v) is 4.26. The quantitative estimate of drug-likeness (QED) is 0.717. The summed E-state index contributed by atoms with van der Waals surface area (Å²) < 4.78 is 12.7. The Morgan fingerprint density at radius 3 is 3.00 bits per heavy atom. The van der Waals surface area contributed by atoms with Crippen molar-refractivity contribution in [3.8, 4) is 0 Å². The van der Waals surface area contributed by atoms with Gasteiger partial charge >= 0.3 is 0 Å². The Labute approximate surface area is 82.1 Å². The molecule has 0 saturated carbocycles. The van der Waals surface area contributed by atoms with Crippen LogP contribution in [0.1, 0.15) is 13.3 Å². The molecule has 1 aromatic rings. The van der Waals surface area contributed by atoms with Crippen LogP contribution in [0.15, 0.2) is 18.3 Å². The number of nitrogen functional groups attached to an aromatic ring is 1. The predicted molar refractivity (Wildman–Crippen MR) is 54.3 cm³/mol. The van der Waals surface area contributed by atoms with Crippen molar-refractivity contribution in [2.24, 2.45) is 0 Å². The summed E-state index contributed by atoms with van der Waals surface area (Å²) in [4.78, 5) is 7.45. The zero-order valence-electron chi connectivity index (χ0n) is 8.05. The number of aromatic nitrogens is 2. The van der Waals surface area contributed by atoms with Crippen molar-refractivity contribution < 1.29 is 4.39 Å². The number of nitrogens with two attached hydrogens (primary N) is 1. The Balaban J connectivity index is 2.51. The maximum atomic E-state index is 12.7. The number of halogens is 1. The van der Waals surface area contributed by atoms with Gasteiger partial charge in [0.25, 0.3) is 0 Å². The van der Waals surface area contributed by atoms with E-state index in [4.69, 9.17) is 5.73 Å². The molecule has 0 aliphatic rings. The lowest BCUT2D eigenvalue weighted by atomic mass is 10.2. The Hall–Kier alpha value is -1.65. The zero-order valence-corrected chi connectivity index (χ0v) is 8.05. The molecule has 0 amide bonds. The normalized spacial score (nSPS) is 9.86. The van der Waals surface area contributed by atoms with Gasteiger partial charge < -0.3 is 11.1 Å². The topological polar surface area (TPSA) is 63.8 Å². The van der Waals surface area contributed by atoms with Gasteiger partial charge in [-0.2, -0.15) is 4.98 Å². The molecule has 1 aromatic heterocycles. The van der Waals surface area contributed by atoms with E-state index in [1.165, 1.54) is 0 Å². The Morgan fingerprint density at radius 1 is 1.71 bits per heavy atom. The highest BCUT2D eigenvalue weighted by Gasteiger charge is 2.01. The highest BCUT2D eigenvalue weighted by Crippen LogP contribution is 2.07. The van der Waals surface area contributed by atoms with Gasteiger partial charge in [0.15, 0.2) is 11.6 Å². The largest absolute Gasteiger partial charge is 0.381 e. The first-order valence-electron chi connectivity index (χ1n) is 4.26. The Bertz CT molecular complexity index is 338. The van der Waals surface area contributed by atoms with Crippen LogP contribution in [-0.2, 0) is 0 Å². The van der Waals surface area contributed by atoms with Crippen molar-refractivity contribution in [1.29, 1.82) is 0 Å². The molecule has 4 nitrogen and oxygen atoms in total. The maximum absolute atomic E-state index is 12.7. The van der Waals surface area contributed by atoms with E-state index in [1.807, 2.05) is 6.92 Å². The molecule has 0 spiro atoms. The second-order valence-corrected chi connectivity index (χ2v) is 3.06. The lowest BCUT2D eigenvalue weighted by Crippen LogP contribution is -2.07. The molecule has 1 rings (SSSR count). The third-order valence-electron chi connectivity index (χ3n) is 1.61. The summed E-state index contributed by atoms with van der Waals surface area (Å²) in [5.74, 6) is -0.404. The lowest BCUT2D eigenvalue weighted by Gasteiger charge is -2.04. The minimum absolute atomic E-state index is 0.141. The fourth-order valence-corrected chi connectivity index (χ4v) is 0.853. The van der Waals surface area contributed by atoms with E-state index in [9.17, 15) is 4.39 Å². The van der Waals surface area contributed by atoms with Gasteiger partial charge in [-0.15, -0.1) is 6.58 Å². The smallest absolute Gasteiger partial charge is 0.224 e. The van der Waals surface area contributed by atoms with Crippen LogP contribution < -0.4 is 11.1 Å². The first kappa shape index (κ1) is 10.4. The minimum Gasteiger partial charge on any atom is -0.381 e. The molecule has 0 unspecified atom stereocenters. The molecular formula is C9H13FN4. The van der Waals surface area contributed by atoms with Gasteiger partial charge in [0.2, 0.25) is 5.95 Å². The van der Waals surface area contributed by atoms with Gasteiger partial charge in [-0.25, -0.2) is 9.37 Å². The number of hydrogen-bond donors (Lipinski definition) is 2. The molecule has 0 aromatic carbocycles. The third kappa shape index (κ3) is 3.01. The van der Waals surface area contributed by atoms with E-state index < -0.39 is 5.82 Å². The highest BCUT2D eigenvalue weighted by molar-refractivity contribution is 5.36. The van der Waals surface area contributed by atoms with Crippen molar-refractivity contribution in [3.63, 3.8) is 0 Å². The average Bonchev–Trinajstić information content (AvgIpc) is 2.10. The van der Waals surface area contributed by atoms with Crippen molar-refractivity contribution >= 4 is 11.8 Å². The van der Waals surface area contributed by atoms with Crippen LogP contribution in [0.3, 0.4) is 0 Å². The summed E-state index contributed by atoms with van der Waals surface area (Å²) in [6, 6.07) is 0. The molecule has 0 fully saturated rings. The van der Waals surface area contributed by atoms with Crippen LogP contribution in [0.2, 0.25) is 0 Å². The summed E-state index contributed by atoms with van der Waals surface area (Å²) in [6.07, 6.45) is 1.87. The van der Waals surface area contributed by atoms with Crippen LogP contribution in [0.25, 0.3) is 0 Å². The molecular weight excluding hydrogens is 183 g/mol. The highest BCUT2D eigenvalue weighted by atomic mass is 19.1. The molecule has 1 heterocycles. The molecule has 3 N–H and O–H groups in total. The monoisotopic (exact) mass is 196 g/mol. The Morgan fingerprint density at radius 2 is 2.43 bits per heavy atom. The van der Waals surface area contributed by atoms with E-state index in [1.54, 1.807) is 0 Å². The van der Waals surface area contributed by atoms with Crippen molar-refractivity contribution in [2.75, 3.05) is 17.6 Å². The van der Waals surface area contributed by atoms with E-state index in [-0.39, 0.29) is 5.82 Å². The van der Waals surface area contributed by atoms with Crippen LogP contribution in [-0.4, -0.2) is 16.5 Å². The summed E-state index contributed by atoms with van der Waals surface area (Å²) in [6.45, 7) is 6.35. The fourth-order valence-electron chi connectivity index (χ4n) is 0.853. The van der Waals surface area contributed by atoms with E-state index >= 15 is 0 Å². The molecule has 0 atom stereocenters. The molecule has 5 heteroatoms. The minimum atomic E-state index is -0.601. The summed E-state index contributed by atoms with van der Waals surface area (Å²) in [7, 11) is 0. The number of anilines is 2. The SMILES string of the molecule is C=C(C)CCNc1ncc(F)c(N)n1. The molecule has 0 saturated heterocycles. The average molecular weight is 196 g/mol. The fraction of sp³-hybridized carbons (Fsp3) is 0.333. The molecule has 0 aliphatic heterocycles. The van der Waals surface area contributed by atoms with Crippen LogP contribution in [0, 0.1) is 5.82 Å². The van der Waals surface area contributed by atoms with Crippen molar-refractivity contribution in [2.45, 2.75) is 13.3 Å². The van der Waals surface area contributed by atoms with Gasteiger partial charge in [0.05, 0.1) is 6.20 Å². The lowest BCUT2D eigenvalue weighted by molar-refractivity contribution is 0.620.